The van der Waals surface area contributed by atoms with Gasteiger partial charge in [0.05, 0.1) is 22.5 Å². The molecule has 0 saturated carbocycles. The van der Waals surface area contributed by atoms with Crippen LogP contribution in [0.15, 0.2) is 103 Å². The first-order valence-electron chi connectivity index (χ1n) is 12.7. The number of ether oxygens (including phenoxy) is 1. The third kappa shape index (κ3) is 2.35. The summed E-state index contributed by atoms with van der Waals surface area (Å²) in [7, 11) is 0. The van der Waals surface area contributed by atoms with E-state index < -0.39 is 5.41 Å². The van der Waals surface area contributed by atoms with Crippen molar-refractivity contribution in [2.75, 3.05) is 4.90 Å². The Morgan fingerprint density at radius 2 is 1.16 bits per heavy atom. The highest BCUT2D eigenvalue weighted by Crippen LogP contribution is 2.65. The molecule has 5 aromatic rings. The van der Waals surface area contributed by atoms with Crippen molar-refractivity contribution < 1.29 is 9.53 Å². The summed E-state index contributed by atoms with van der Waals surface area (Å²) in [5.41, 5.74) is 10.6. The van der Waals surface area contributed by atoms with E-state index in [1.54, 1.807) is 0 Å². The van der Waals surface area contributed by atoms with Gasteiger partial charge in [-0.05, 0) is 59.4 Å². The van der Waals surface area contributed by atoms with Gasteiger partial charge < -0.3 is 9.64 Å². The molecule has 2 heterocycles. The average molecular weight is 478 g/mol. The highest BCUT2D eigenvalue weighted by Gasteiger charge is 2.53. The van der Waals surface area contributed by atoms with Crippen LogP contribution >= 0.6 is 0 Å². The fraction of sp³-hybridized carbons (Fsp3) is 0.0882. The van der Waals surface area contributed by atoms with Gasteiger partial charge in [-0.3, -0.25) is 4.79 Å². The number of carbonyl (C=O) groups excluding carboxylic acids is 1. The second-order valence-corrected chi connectivity index (χ2v) is 10.2. The molecule has 0 aromatic heterocycles. The Bertz CT molecular complexity index is 1770. The maximum absolute atomic E-state index is 13.8. The Kier molecular flexibility index (Phi) is 3.88. The van der Waals surface area contributed by atoms with Gasteiger partial charge in [0.2, 0.25) is 0 Å². The minimum Gasteiger partial charge on any atom is -0.452 e. The van der Waals surface area contributed by atoms with Gasteiger partial charge in [0.1, 0.15) is 0 Å². The summed E-state index contributed by atoms with van der Waals surface area (Å²) in [4.78, 5) is 16.1. The lowest BCUT2D eigenvalue weighted by molar-refractivity contribution is 0.103. The topological polar surface area (TPSA) is 29.5 Å². The number of anilines is 3. The lowest BCUT2D eigenvalue weighted by atomic mass is 9.57. The molecule has 3 nitrogen and oxygen atoms in total. The first-order valence-corrected chi connectivity index (χ1v) is 12.7. The molecule has 0 saturated heterocycles. The first kappa shape index (κ1) is 20.6. The zero-order valence-corrected chi connectivity index (χ0v) is 20.6. The molecule has 0 atom stereocenters. The smallest absolute Gasteiger partial charge is 0.193 e. The maximum atomic E-state index is 13.8. The molecule has 37 heavy (non-hydrogen) atoms. The molecule has 2 aliphatic heterocycles. The molecule has 0 radical (unpaired) electrons. The molecule has 0 fully saturated rings. The second kappa shape index (κ2) is 6.98. The van der Waals surface area contributed by atoms with E-state index in [0.717, 1.165) is 67.5 Å². The van der Waals surface area contributed by atoms with E-state index in [9.17, 15) is 4.79 Å². The molecule has 3 heteroatoms. The lowest BCUT2D eigenvalue weighted by Gasteiger charge is -2.50. The van der Waals surface area contributed by atoms with Crippen molar-refractivity contribution in [3.63, 3.8) is 0 Å². The van der Waals surface area contributed by atoms with E-state index in [2.05, 4.69) is 85.5 Å². The number of benzene rings is 5. The summed E-state index contributed by atoms with van der Waals surface area (Å²) >= 11 is 0. The molecule has 3 aliphatic rings. The molecule has 0 N–H and O–H groups in total. The fourth-order valence-corrected chi connectivity index (χ4v) is 6.76. The highest BCUT2D eigenvalue weighted by atomic mass is 16.5. The molecule has 0 bridgehead atoms. The summed E-state index contributed by atoms with van der Waals surface area (Å²) in [6, 6.07) is 35.6. The number of para-hydroxylation sites is 2. The van der Waals surface area contributed by atoms with Gasteiger partial charge in [-0.25, -0.2) is 0 Å². The van der Waals surface area contributed by atoms with Gasteiger partial charge >= 0.3 is 0 Å². The maximum Gasteiger partial charge on any atom is 0.193 e. The molecule has 176 valence electrons. The van der Waals surface area contributed by atoms with Crippen molar-refractivity contribution in [1.29, 1.82) is 0 Å². The predicted octanol–water partition coefficient (Wildman–Crippen LogP) is 8.12. The minimum absolute atomic E-state index is 0.0786. The summed E-state index contributed by atoms with van der Waals surface area (Å²) in [5, 5.41) is 0. The monoisotopic (exact) mass is 477 g/mol. The molecule has 5 aromatic carbocycles. The van der Waals surface area contributed by atoms with Gasteiger partial charge in [-0.2, -0.15) is 0 Å². The molecular formula is C34H23NO2. The summed E-state index contributed by atoms with van der Waals surface area (Å²) < 4.78 is 6.72. The fourth-order valence-electron chi connectivity index (χ4n) is 6.76. The largest absolute Gasteiger partial charge is 0.452 e. The highest BCUT2D eigenvalue weighted by molar-refractivity contribution is 6.15. The summed E-state index contributed by atoms with van der Waals surface area (Å²) in [6.07, 6.45) is 0. The van der Waals surface area contributed by atoms with E-state index in [-0.39, 0.29) is 5.78 Å². The van der Waals surface area contributed by atoms with Crippen LogP contribution in [0, 0.1) is 13.8 Å². The third-order valence-corrected chi connectivity index (χ3v) is 8.29. The molecule has 1 aliphatic carbocycles. The number of aryl methyl sites for hydroxylation is 2. The van der Waals surface area contributed by atoms with E-state index in [1.807, 2.05) is 36.4 Å². The Morgan fingerprint density at radius 3 is 1.89 bits per heavy atom. The van der Waals surface area contributed by atoms with E-state index >= 15 is 0 Å². The second-order valence-electron chi connectivity index (χ2n) is 10.2. The van der Waals surface area contributed by atoms with Crippen molar-refractivity contribution in [1.82, 2.24) is 0 Å². The van der Waals surface area contributed by atoms with Crippen LogP contribution in [0.5, 0.6) is 11.5 Å². The SMILES string of the molecule is Cc1cccc2c1Oc1c(C)ccc3c1N2c1ccccc1C31c2ccccc2C(=O)c2ccccc21. The van der Waals surface area contributed by atoms with Gasteiger partial charge in [0.25, 0.3) is 0 Å². The van der Waals surface area contributed by atoms with Crippen LogP contribution < -0.4 is 9.64 Å². The zero-order chi connectivity index (χ0) is 24.9. The Hall–Kier alpha value is -4.63. The van der Waals surface area contributed by atoms with Crippen molar-refractivity contribution in [3.8, 4) is 11.5 Å². The first-order chi connectivity index (χ1) is 18.1. The van der Waals surface area contributed by atoms with Crippen LogP contribution in [0.1, 0.15) is 49.3 Å². The Labute approximate surface area is 215 Å². The number of hydrogen-bond donors (Lipinski definition) is 0. The number of fused-ring (bicyclic) bond motifs is 10. The van der Waals surface area contributed by atoms with Crippen LogP contribution in [0.4, 0.5) is 17.1 Å². The van der Waals surface area contributed by atoms with Gasteiger partial charge in [-0.1, -0.05) is 91.0 Å². The van der Waals surface area contributed by atoms with Crippen LogP contribution in [-0.2, 0) is 5.41 Å². The van der Waals surface area contributed by atoms with E-state index in [1.165, 1.54) is 5.56 Å². The van der Waals surface area contributed by atoms with Gasteiger partial charge in [0.15, 0.2) is 17.3 Å². The molecule has 8 rings (SSSR count). The number of carbonyl (C=O) groups is 1. The number of nitrogens with zero attached hydrogens (tertiary/aromatic N) is 1. The van der Waals surface area contributed by atoms with Crippen molar-refractivity contribution in [3.05, 3.63) is 148 Å². The van der Waals surface area contributed by atoms with E-state index in [4.69, 9.17) is 4.74 Å². The lowest BCUT2D eigenvalue weighted by Crippen LogP contribution is -2.43. The summed E-state index contributed by atoms with van der Waals surface area (Å²) in [6.45, 7) is 4.20. The minimum atomic E-state index is -0.656. The number of hydrogen-bond acceptors (Lipinski definition) is 3. The van der Waals surface area contributed by atoms with Crippen LogP contribution in [0.3, 0.4) is 0 Å². The molecule has 0 amide bonds. The molecular weight excluding hydrogens is 454 g/mol. The zero-order valence-electron chi connectivity index (χ0n) is 20.6. The normalized spacial score (nSPS) is 15.2. The van der Waals surface area contributed by atoms with E-state index in [0.29, 0.717) is 0 Å². The van der Waals surface area contributed by atoms with Gasteiger partial charge in [-0.15, -0.1) is 0 Å². The quantitative estimate of drug-likeness (QED) is 0.221. The van der Waals surface area contributed by atoms with Crippen LogP contribution in [0.2, 0.25) is 0 Å². The Balaban J connectivity index is 1.61. The van der Waals surface area contributed by atoms with Crippen LogP contribution in [-0.4, -0.2) is 5.78 Å². The Morgan fingerprint density at radius 1 is 0.568 bits per heavy atom. The van der Waals surface area contributed by atoms with Crippen molar-refractivity contribution >= 4 is 22.8 Å². The van der Waals surface area contributed by atoms with Crippen molar-refractivity contribution in [2.45, 2.75) is 19.3 Å². The predicted molar refractivity (Wildman–Crippen MR) is 146 cm³/mol. The molecule has 0 unspecified atom stereocenters. The summed E-state index contributed by atoms with van der Waals surface area (Å²) in [5.74, 6) is 1.84. The van der Waals surface area contributed by atoms with Crippen LogP contribution in [0.25, 0.3) is 0 Å². The number of ketones is 1. The van der Waals surface area contributed by atoms with Gasteiger partial charge in [0, 0.05) is 11.1 Å². The standard InChI is InChI=1S/C34H23NO2/c1-20-10-9-17-29-32(20)37-33-21(2)18-19-27-30(33)35(29)28-16-8-7-15-26(28)34(27)24-13-5-3-11-22(24)31(36)23-12-4-6-14-25(23)34/h3-19H,1-2H3. The van der Waals surface area contributed by atoms with Crippen molar-refractivity contribution in [2.24, 2.45) is 0 Å². The number of rotatable bonds is 0. The average Bonchev–Trinajstić information content (AvgIpc) is 2.94. The third-order valence-electron chi connectivity index (χ3n) is 8.29. The molecule has 1 spiro atoms.